The molecule has 2 aromatic heterocycles. The molecule has 0 bridgehead atoms. The highest BCUT2D eigenvalue weighted by Gasteiger charge is 2.27. The van der Waals surface area contributed by atoms with Gasteiger partial charge in [-0.1, -0.05) is 24.3 Å². The van der Waals surface area contributed by atoms with Gasteiger partial charge in [0.1, 0.15) is 5.82 Å². The third kappa shape index (κ3) is 2.36. The maximum absolute atomic E-state index is 4.64. The van der Waals surface area contributed by atoms with Crippen molar-refractivity contribution < 1.29 is 0 Å². The Labute approximate surface area is 121 Å². The van der Waals surface area contributed by atoms with Crippen molar-refractivity contribution in [3.63, 3.8) is 0 Å². The van der Waals surface area contributed by atoms with Crippen LogP contribution in [0.15, 0.2) is 36.4 Å². The first-order valence-corrected chi connectivity index (χ1v) is 7.58. The first-order valence-electron chi connectivity index (χ1n) is 6.81. The van der Waals surface area contributed by atoms with Gasteiger partial charge in [0, 0.05) is 22.8 Å². The molecule has 1 N–H and O–H groups in total. The fraction of sp³-hybridized carbons (Fsp3) is 0.267. The zero-order chi connectivity index (χ0) is 13.4. The lowest BCUT2D eigenvalue weighted by atomic mass is 10.2. The summed E-state index contributed by atoms with van der Waals surface area (Å²) in [6.07, 6.45) is 2.48. The highest BCUT2D eigenvalue weighted by molar-refractivity contribution is 7.09. The van der Waals surface area contributed by atoms with Crippen LogP contribution in [0.1, 0.15) is 30.3 Å². The number of fused-ring (bicyclic) bond motifs is 1. The molecule has 5 heteroatoms. The quantitative estimate of drug-likeness (QED) is 0.794. The minimum Gasteiger partial charge on any atom is -0.355 e. The number of rotatable bonds is 4. The van der Waals surface area contributed by atoms with Gasteiger partial charge in [0.2, 0.25) is 5.13 Å². The van der Waals surface area contributed by atoms with Gasteiger partial charge in [0.25, 0.3) is 0 Å². The summed E-state index contributed by atoms with van der Waals surface area (Å²) < 4.78 is 4.39. The van der Waals surface area contributed by atoms with Crippen LogP contribution in [0, 0.1) is 0 Å². The van der Waals surface area contributed by atoms with E-state index in [1.165, 1.54) is 29.8 Å². The van der Waals surface area contributed by atoms with Crippen molar-refractivity contribution >= 4 is 27.6 Å². The molecular weight excluding hydrogens is 268 g/mol. The topological polar surface area (TPSA) is 50.7 Å². The molecule has 0 unspecified atom stereocenters. The molecule has 100 valence electrons. The number of pyridine rings is 1. The van der Waals surface area contributed by atoms with Crippen LogP contribution in [0.25, 0.3) is 10.9 Å². The highest BCUT2D eigenvalue weighted by Crippen LogP contribution is 2.39. The van der Waals surface area contributed by atoms with E-state index in [0.29, 0.717) is 12.5 Å². The summed E-state index contributed by atoms with van der Waals surface area (Å²) in [4.78, 5) is 9.16. The molecule has 0 saturated heterocycles. The maximum atomic E-state index is 4.64. The van der Waals surface area contributed by atoms with Crippen LogP contribution in [0.2, 0.25) is 0 Å². The summed E-state index contributed by atoms with van der Waals surface area (Å²) in [5.41, 5.74) is 2.05. The largest absolute Gasteiger partial charge is 0.355 e. The average Bonchev–Trinajstić information content (AvgIpc) is 3.24. The van der Waals surface area contributed by atoms with E-state index < -0.39 is 0 Å². The van der Waals surface area contributed by atoms with E-state index in [2.05, 4.69) is 37.9 Å². The lowest BCUT2D eigenvalue weighted by molar-refractivity contribution is 0.975. The Morgan fingerprint density at radius 2 is 2.00 bits per heavy atom. The van der Waals surface area contributed by atoms with E-state index in [9.17, 15) is 0 Å². The van der Waals surface area contributed by atoms with Gasteiger partial charge in [-0.2, -0.15) is 4.37 Å². The monoisotopic (exact) mass is 282 g/mol. The summed E-state index contributed by atoms with van der Waals surface area (Å²) in [5, 5.41) is 5.37. The number of hydrogen-bond donors (Lipinski definition) is 1. The highest BCUT2D eigenvalue weighted by atomic mass is 32.1. The van der Waals surface area contributed by atoms with Gasteiger partial charge < -0.3 is 5.32 Å². The molecule has 0 radical (unpaired) electrons. The summed E-state index contributed by atoms with van der Waals surface area (Å²) in [5.74, 6) is 1.62. The van der Waals surface area contributed by atoms with Crippen molar-refractivity contribution in [2.75, 3.05) is 5.32 Å². The van der Waals surface area contributed by atoms with Gasteiger partial charge in [-0.15, -0.1) is 0 Å². The molecule has 20 heavy (non-hydrogen) atoms. The molecule has 1 aliphatic carbocycles. The molecule has 3 aromatic rings. The van der Waals surface area contributed by atoms with Gasteiger partial charge in [0.05, 0.1) is 17.8 Å². The molecule has 4 rings (SSSR count). The second-order valence-corrected chi connectivity index (χ2v) is 5.83. The Kier molecular flexibility index (Phi) is 2.85. The molecule has 2 heterocycles. The molecule has 1 aromatic carbocycles. The minimum absolute atomic E-state index is 0.612. The molecule has 1 saturated carbocycles. The lowest BCUT2D eigenvalue weighted by Gasteiger charge is -2.03. The Morgan fingerprint density at radius 1 is 1.10 bits per heavy atom. The van der Waals surface area contributed by atoms with Crippen LogP contribution in [0.4, 0.5) is 5.13 Å². The van der Waals surface area contributed by atoms with Crippen molar-refractivity contribution in [2.24, 2.45) is 0 Å². The lowest BCUT2D eigenvalue weighted by Crippen LogP contribution is -2.01. The van der Waals surface area contributed by atoms with E-state index in [0.717, 1.165) is 22.2 Å². The first kappa shape index (κ1) is 11.8. The van der Waals surface area contributed by atoms with Crippen molar-refractivity contribution in [1.82, 2.24) is 14.3 Å². The summed E-state index contributed by atoms with van der Waals surface area (Å²) in [6.45, 7) is 0.685. The SMILES string of the molecule is c1ccc2nc(CNc3nc(C4CC4)ns3)ccc2c1. The predicted octanol–water partition coefficient (Wildman–Crippen LogP) is 3.58. The number of aromatic nitrogens is 3. The molecule has 0 amide bonds. The van der Waals surface area contributed by atoms with Crippen LogP contribution in [-0.4, -0.2) is 14.3 Å². The van der Waals surface area contributed by atoms with Crippen molar-refractivity contribution in [3.8, 4) is 0 Å². The van der Waals surface area contributed by atoms with Gasteiger partial charge in [0.15, 0.2) is 0 Å². The van der Waals surface area contributed by atoms with E-state index >= 15 is 0 Å². The van der Waals surface area contributed by atoms with Crippen molar-refractivity contribution in [1.29, 1.82) is 0 Å². The minimum atomic E-state index is 0.612. The summed E-state index contributed by atoms with van der Waals surface area (Å²) in [7, 11) is 0. The summed E-state index contributed by atoms with van der Waals surface area (Å²) in [6, 6.07) is 12.3. The van der Waals surface area contributed by atoms with Gasteiger partial charge >= 0.3 is 0 Å². The third-order valence-electron chi connectivity index (χ3n) is 3.46. The van der Waals surface area contributed by atoms with E-state index in [4.69, 9.17) is 0 Å². The number of hydrogen-bond acceptors (Lipinski definition) is 5. The Balaban J connectivity index is 1.48. The van der Waals surface area contributed by atoms with E-state index in [1.807, 2.05) is 18.2 Å². The average molecular weight is 282 g/mol. The molecule has 0 aliphatic heterocycles. The molecule has 1 aliphatic rings. The number of benzene rings is 1. The van der Waals surface area contributed by atoms with Gasteiger partial charge in [-0.3, -0.25) is 4.98 Å². The van der Waals surface area contributed by atoms with Gasteiger partial charge in [-0.25, -0.2) is 4.98 Å². The molecule has 0 atom stereocenters. The molecular formula is C15H14N4S. The number of para-hydroxylation sites is 1. The van der Waals surface area contributed by atoms with E-state index in [1.54, 1.807) is 0 Å². The van der Waals surface area contributed by atoms with E-state index in [-0.39, 0.29) is 0 Å². The Bertz CT molecular complexity index is 748. The maximum Gasteiger partial charge on any atom is 0.202 e. The number of nitrogens with zero attached hydrogens (tertiary/aromatic N) is 3. The van der Waals surface area contributed by atoms with Crippen LogP contribution in [0.3, 0.4) is 0 Å². The number of anilines is 1. The second-order valence-electron chi connectivity index (χ2n) is 5.08. The molecule has 1 fully saturated rings. The molecule has 4 nitrogen and oxygen atoms in total. The van der Waals surface area contributed by atoms with Crippen molar-refractivity contribution in [2.45, 2.75) is 25.3 Å². The smallest absolute Gasteiger partial charge is 0.202 e. The number of nitrogens with one attached hydrogen (secondary N) is 1. The zero-order valence-electron chi connectivity index (χ0n) is 10.9. The summed E-state index contributed by atoms with van der Waals surface area (Å²) >= 11 is 1.44. The standard InChI is InChI=1S/C15H14N4S/c1-2-4-13-10(3-1)7-8-12(17-13)9-16-15-18-14(19-20-15)11-5-6-11/h1-4,7-8,11H,5-6,9H2,(H,16,18,19). The van der Waals surface area contributed by atoms with Crippen molar-refractivity contribution in [3.05, 3.63) is 47.9 Å². The van der Waals surface area contributed by atoms with Crippen LogP contribution < -0.4 is 5.32 Å². The third-order valence-corrected chi connectivity index (χ3v) is 4.15. The fourth-order valence-corrected chi connectivity index (χ4v) is 2.83. The first-order chi connectivity index (χ1) is 9.88. The van der Waals surface area contributed by atoms with Crippen LogP contribution >= 0.6 is 11.5 Å². The van der Waals surface area contributed by atoms with Crippen LogP contribution in [0.5, 0.6) is 0 Å². The molecule has 0 spiro atoms. The fourth-order valence-electron chi connectivity index (χ4n) is 2.19. The van der Waals surface area contributed by atoms with Crippen LogP contribution in [-0.2, 0) is 6.54 Å². The Hall–Kier alpha value is -2.01. The zero-order valence-corrected chi connectivity index (χ0v) is 11.7. The second kappa shape index (κ2) is 4.83. The van der Waals surface area contributed by atoms with Gasteiger partial charge in [-0.05, 0) is 25.0 Å². The normalized spacial score (nSPS) is 14.6. The predicted molar refractivity (Wildman–Crippen MR) is 81.0 cm³/mol. The Morgan fingerprint density at radius 3 is 2.90 bits per heavy atom.